The molecule has 38 heavy (non-hydrogen) atoms. The van der Waals surface area contributed by atoms with Gasteiger partial charge >= 0.3 is 5.63 Å². The van der Waals surface area contributed by atoms with Crippen molar-refractivity contribution in [1.82, 2.24) is 29.5 Å². The highest BCUT2D eigenvalue weighted by atomic mass is 16.4. The van der Waals surface area contributed by atoms with E-state index in [0.717, 1.165) is 16.8 Å². The Balaban J connectivity index is 1.42. The molecule has 2 N–H and O–H groups in total. The SMILES string of the molecule is Cc1cc(NC(=O)c2cc3ccccc3oc2=O)n(-c2nc3c(cnn3-c3ccc(C)c(C)c3)c(=O)[nH]2)n1. The number of aryl methyl sites for hydroxylation is 3. The summed E-state index contributed by atoms with van der Waals surface area (Å²) in [7, 11) is 0. The van der Waals surface area contributed by atoms with Crippen molar-refractivity contribution in [3.63, 3.8) is 0 Å². The van der Waals surface area contributed by atoms with E-state index < -0.39 is 17.1 Å². The van der Waals surface area contributed by atoms with E-state index in [1.54, 1.807) is 41.9 Å². The number of anilines is 1. The number of aromatic nitrogens is 6. The van der Waals surface area contributed by atoms with Gasteiger partial charge in [-0.05, 0) is 56.2 Å². The zero-order valence-corrected chi connectivity index (χ0v) is 20.6. The lowest BCUT2D eigenvalue weighted by Gasteiger charge is -2.09. The summed E-state index contributed by atoms with van der Waals surface area (Å²) >= 11 is 0. The van der Waals surface area contributed by atoms with Crippen LogP contribution in [0.1, 0.15) is 27.2 Å². The lowest BCUT2D eigenvalue weighted by atomic mass is 10.1. The molecule has 0 aliphatic heterocycles. The molecule has 4 aromatic heterocycles. The highest BCUT2D eigenvalue weighted by Crippen LogP contribution is 2.20. The van der Waals surface area contributed by atoms with Crippen molar-refractivity contribution in [2.75, 3.05) is 5.32 Å². The van der Waals surface area contributed by atoms with Crippen LogP contribution in [0.3, 0.4) is 0 Å². The zero-order valence-electron chi connectivity index (χ0n) is 20.6. The number of carbonyl (C=O) groups is 1. The van der Waals surface area contributed by atoms with E-state index in [1.165, 1.54) is 16.9 Å². The number of fused-ring (bicyclic) bond motifs is 2. The van der Waals surface area contributed by atoms with E-state index in [2.05, 4.69) is 25.5 Å². The minimum absolute atomic E-state index is 0.0713. The summed E-state index contributed by atoms with van der Waals surface area (Å²) < 4.78 is 8.17. The van der Waals surface area contributed by atoms with Crippen LogP contribution in [0.25, 0.3) is 33.6 Å². The van der Waals surface area contributed by atoms with Gasteiger partial charge in [-0.25, -0.2) is 9.48 Å². The number of nitrogens with one attached hydrogen (secondary N) is 2. The number of para-hydroxylation sites is 1. The number of hydrogen-bond acceptors (Lipinski definition) is 7. The van der Waals surface area contributed by atoms with Gasteiger partial charge in [-0.15, -0.1) is 0 Å². The first kappa shape index (κ1) is 23.1. The van der Waals surface area contributed by atoms with Crippen molar-refractivity contribution in [2.45, 2.75) is 20.8 Å². The number of benzene rings is 2. The van der Waals surface area contributed by atoms with E-state index in [0.29, 0.717) is 27.7 Å². The van der Waals surface area contributed by atoms with Crippen LogP contribution in [0.4, 0.5) is 5.82 Å². The van der Waals surface area contributed by atoms with E-state index in [4.69, 9.17) is 4.42 Å². The minimum atomic E-state index is -0.769. The molecule has 0 radical (unpaired) electrons. The third-order valence-electron chi connectivity index (χ3n) is 6.32. The Morgan fingerprint density at radius 1 is 0.974 bits per heavy atom. The van der Waals surface area contributed by atoms with Gasteiger partial charge in [-0.3, -0.25) is 14.6 Å². The second-order valence-electron chi connectivity index (χ2n) is 8.97. The van der Waals surface area contributed by atoms with Crippen LogP contribution in [0.2, 0.25) is 0 Å². The molecular weight excluding hydrogens is 486 g/mol. The third-order valence-corrected chi connectivity index (χ3v) is 6.32. The smallest absolute Gasteiger partial charge is 0.349 e. The summed E-state index contributed by atoms with van der Waals surface area (Å²) in [6, 6.07) is 15.8. The number of aromatic amines is 1. The molecule has 6 aromatic rings. The normalized spacial score (nSPS) is 11.3. The molecule has 6 rings (SSSR count). The molecule has 11 heteroatoms. The summed E-state index contributed by atoms with van der Waals surface area (Å²) in [5.74, 6) is -0.406. The first-order chi connectivity index (χ1) is 18.3. The van der Waals surface area contributed by atoms with Crippen LogP contribution in [0.15, 0.2) is 74.8 Å². The Morgan fingerprint density at radius 3 is 2.61 bits per heavy atom. The van der Waals surface area contributed by atoms with Gasteiger partial charge in [0.05, 0.1) is 17.6 Å². The molecule has 188 valence electrons. The van der Waals surface area contributed by atoms with Crippen LogP contribution in [0.5, 0.6) is 0 Å². The fourth-order valence-electron chi connectivity index (χ4n) is 4.21. The Kier molecular flexibility index (Phi) is 5.26. The van der Waals surface area contributed by atoms with Gasteiger partial charge in [-0.1, -0.05) is 24.3 Å². The predicted octanol–water partition coefficient (Wildman–Crippen LogP) is 3.58. The summed E-state index contributed by atoms with van der Waals surface area (Å²) in [5, 5.41) is 12.4. The quantitative estimate of drug-likeness (QED) is 0.348. The second-order valence-corrected chi connectivity index (χ2v) is 8.97. The molecule has 4 heterocycles. The van der Waals surface area contributed by atoms with E-state index >= 15 is 0 Å². The molecule has 0 atom stereocenters. The molecule has 0 unspecified atom stereocenters. The Morgan fingerprint density at radius 2 is 1.79 bits per heavy atom. The average molecular weight is 508 g/mol. The zero-order chi connectivity index (χ0) is 26.6. The lowest BCUT2D eigenvalue weighted by Crippen LogP contribution is -2.23. The Bertz CT molecular complexity index is 2010. The number of amides is 1. The highest BCUT2D eigenvalue weighted by Gasteiger charge is 2.20. The first-order valence-corrected chi connectivity index (χ1v) is 11.8. The van der Waals surface area contributed by atoms with Gasteiger partial charge in [-0.2, -0.15) is 19.9 Å². The van der Waals surface area contributed by atoms with E-state index in [9.17, 15) is 14.4 Å². The molecule has 0 bridgehead atoms. The summed E-state index contributed by atoms with van der Waals surface area (Å²) in [6.45, 7) is 5.74. The maximum Gasteiger partial charge on any atom is 0.349 e. The second kappa shape index (κ2) is 8.66. The molecule has 0 aliphatic carbocycles. The van der Waals surface area contributed by atoms with Crippen molar-refractivity contribution in [3.8, 4) is 11.6 Å². The van der Waals surface area contributed by atoms with Crippen molar-refractivity contribution in [3.05, 3.63) is 104 Å². The minimum Gasteiger partial charge on any atom is -0.422 e. The van der Waals surface area contributed by atoms with Crippen molar-refractivity contribution >= 4 is 33.7 Å². The van der Waals surface area contributed by atoms with Crippen LogP contribution in [-0.2, 0) is 0 Å². The number of nitrogens with zero attached hydrogens (tertiary/aromatic N) is 5. The largest absolute Gasteiger partial charge is 0.422 e. The number of H-pyrrole nitrogens is 1. The molecule has 0 saturated carbocycles. The maximum absolute atomic E-state index is 13.1. The number of hydrogen-bond donors (Lipinski definition) is 2. The van der Waals surface area contributed by atoms with Gasteiger partial charge in [0.2, 0.25) is 5.95 Å². The van der Waals surface area contributed by atoms with Gasteiger partial charge < -0.3 is 9.73 Å². The topological polar surface area (TPSA) is 141 Å². The molecule has 0 spiro atoms. The third kappa shape index (κ3) is 3.86. The Hall–Kier alpha value is -5.32. The van der Waals surface area contributed by atoms with Crippen molar-refractivity contribution in [1.29, 1.82) is 0 Å². The van der Waals surface area contributed by atoms with Crippen molar-refractivity contribution in [2.24, 2.45) is 0 Å². The van der Waals surface area contributed by atoms with Crippen LogP contribution >= 0.6 is 0 Å². The maximum atomic E-state index is 13.1. The lowest BCUT2D eigenvalue weighted by molar-refractivity contribution is 0.102. The summed E-state index contributed by atoms with van der Waals surface area (Å²) in [4.78, 5) is 45.8. The van der Waals surface area contributed by atoms with E-state index in [1.807, 2.05) is 32.0 Å². The van der Waals surface area contributed by atoms with Crippen LogP contribution in [-0.4, -0.2) is 35.4 Å². The van der Waals surface area contributed by atoms with Gasteiger partial charge in [0, 0.05) is 11.5 Å². The van der Waals surface area contributed by atoms with Crippen LogP contribution < -0.4 is 16.5 Å². The average Bonchev–Trinajstić information content (AvgIpc) is 3.48. The molecule has 0 fully saturated rings. The monoisotopic (exact) mass is 507 g/mol. The number of rotatable bonds is 4. The Labute approximate surface area is 214 Å². The summed E-state index contributed by atoms with van der Waals surface area (Å²) in [6.07, 6.45) is 1.45. The van der Waals surface area contributed by atoms with Crippen molar-refractivity contribution < 1.29 is 9.21 Å². The highest BCUT2D eigenvalue weighted by molar-refractivity contribution is 6.05. The van der Waals surface area contributed by atoms with Gasteiger partial charge in [0.1, 0.15) is 22.4 Å². The summed E-state index contributed by atoms with van der Waals surface area (Å²) in [5.41, 5.74) is 2.86. The standard InChI is InChI=1S/C27H21N7O4/c1-14-8-9-18(10-15(14)2)33-23-20(13-28-33)25(36)31-27(30-23)34-22(11-16(3)32-34)29-24(35)19-12-17-6-4-5-7-21(17)38-26(19)37/h4-13H,1-3H3,(H,29,35)(H,30,31,36). The first-order valence-electron chi connectivity index (χ1n) is 11.8. The molecule has 2 aromatic carbocycles. The molecular formula is C27H21N7O4. The molecule has 0 aliphatic rings. The van der Waals surface area contributed by atoms with E-state index in [-0.39, 0.29) is 17.3 Å². The predicted molar refractivity (Wildman–Crippen MR) is 141 cm³/mol. The molecule has 11 nitrogen and oxygen atoms in total. The number of carbonyl (C=O) groups excluding carboxylic acids is 1. The molecule has 1 amide bonds. The fraction of sp³-hybridized carbons (Fsp3) is 0.111. The fourth-order valence-corrected chi connectivity index (χ4v) is 4.21. The van der Waals surface area contributed by atoms with Gasteiger partial charge in [0.25, 0.3) is 11.5 Å². The van der Waals surface area contributed by atoms with Crippen LogP contribution in [0, 0.1) is 20.8 Å². The van der Waals surface area contributed by atoms with Gasteiger partial charge in [0.15, 0.2) is 5.65 Å². The molecule has 0 saturated heterocycles.